The van der Waals surface area contributed by atoms with Gasteiger partial charge in [0.05, 0.1) is 5.75 Å². The number of benzene rings is 2. The summed E-state index contributed by atoms with van der Waals surface area (Å²) in [5, 5.41) is 0. The highest BCUT2D eigenvalue weighted by molar-refractivity contribution is 7.88. The van der Waals surface area contributed by atoms with Crippen LogP contribution in [0.15, 0.2) is 54.6 Å². The zero-order valence-electron chi connectivity index (χ0n) is 16.6. The lowest BCUT2D eigenvalue weighted by Gasteiger charge is -2.33. The molecule has 0 saturated carbocycles. The Bertz CT molecular complexity index is 1030. The summed E-state index contributed by atoms with van der Waals surface area (Å²) in [4.78, 5) is 14.2. The molecule has 2 heterocycles. The van der Waals surface area contributed by atoms with E-state index in [4.69, 9.17) is 9.47 Å². The number of carbonyl (C=O) groups is 1. The van der Waals surface area contributed by atoms with Crippen LogP contribution in [0.25, 0.3) is 6.08 Å². The van der Waals surface area contributed by atoms with Gasteiger partial charge in [0, 0.05) is 32.3 Å². The highest BCUT2D eigenvalue weighted by Crippen LogP contribution is 2.31. The lowest BCUT2D eigenvalue weighted by Crippen LogP contribution is -2.50. The molecule has 0 atom stereocenters. The molecule has 0 radical (unpaired) electrons. The monoisotopic (exact) mass is 428 g/mol. The number of hydrogen-bond acceptors (Lipinski definition) is 5. The van der Waals surface area contributed by atoms with Crippen LogP contribution in [0.4, 0.5) is 0 Å². The molecule has 0 aliphatic carbocycles. The standard InChI is InChI=1S/C22H24N2O5S/c25-22(9-7-18-6-8-20-21(16-18)29-15-14-28-20)23-10-12-24(13-11-23)30(26,27)17-19-4-2-1-3-5-19/h1-9,16H,10-15,17H2. The summed E-state index contributed by atoms with van der Waals surface area (Å²) in [6.07, 6.45) is 3.25. The largest absolute Gasteiger partial charge is 0.486 e. The predicted octanol–water partition coefficient (Wildman–Crippen LogP) is 2.15. The number of nitrogens with zero attached hydrogens (tertiary/aromatic N) is 2. The van der Waals surface area contributed by atoms with Crippen molar-refractivity contribution in [3.05, 3.63) is 65.7 Å². The molecule has 8 heteroatoms. The third-order valence-electron chi connectivity index (χ3n) is 5.12. The number of rotatable bonds is 5. The lowest BCUT2D eigenvalue weighted by molar-refractivity contribution is -0.127. The molecule has 0 aromatic heterocycles. The number of carbonyl (C=O) groups excluding carboxylic acids is 1. The normalized spacial score (nSPS) is 17.3. The third kappa shape index (κ3) is 4.83. The van der Waals surface area contributed by atoms with Crippen LogP contribution in [-0.2, 0) is 20.6 Å². The zero-order chi connectivity index (χ0) is 21.0. The summed E-state index contributed by atoms with van der Waals surface area (Å²) in [5.41, 5.74) is 1.61. The highest BCUT2D eigenvalue weighted by atomic mass is 32.2. The van der Waals surface area contributed by atoms with E-state index in [1.165, 1.54) is 10.4 Å². The van der Waals surface area contributed by atoms with Crippen LogP contribution >= 0.6 is 0 Å². The molecule has 1 amide bonds. The van der Waals surface area contributed by atoms with Gasteiger partial charge < -0.3 is 14.4 Å². The number of hydrogen-bond donors (Lipinski definition) is 0. The third-order valence-corrected chi connectivity index (χ3v) is 6.97. The minimum Gasteiger partial charge on any atom is -0.486 e. The second kappa shape index (κ2) is 8.89. The molecule has 1 fully saturated rings. The van der Waals surface area contributed by atoms with Gasteiger partial charge in [0.25, 0.3) is 0 Å². The van der Waals surface area contributed by atoms with Crippen molar-refractivity contribution in [2.45, 2.75) is 5.75 Å². The molecule has 0 spiro atoms. The maximum absolute atomic E-state index is 12.6. The van der Waals surface area contributed by atoms with Gasteiger partial charge in [-0.2, -0.15) is 4.31 Å². The van der Waals surface area contributed by atoms with Crippen molar-refractivity contribution < 1.29 is 22.7 Å². The molecule has 7 nitrogen and oxygen atoms in total. The van der Waals surface area contributed by atoms with E-state index in [9.17, 15) is 13.2 Å². The SMILES string of the molecule is O=C(C=Cc1ccc2c(c1)OCCO2)N1CCN(S(=O)(=O)Cc2ccccc2)CC1. The topological polar surface area (TPSA) is 76.2 Å². The molecule has 2 aromatic rings. The van der Waals surface area contributed by atoms with Crippen molar-refractivity contribution in [1.82, 2.24) is 9.21 Å². The van der Waals surface area contributed by atoms with Crippen molar-refractivity contribution in [3.8, 4) is 11.5 Å². The van der Waals surface area contributed by atoms with E-state index in [0.29, 0.717) is 50.9 Å². The second-order valence-corrected chi connectivity index (χ2v) is 9.17. The molecular weight excluding hydrogens is 404 g/mol. The molecule has 2 aromatic carbocycles. The number of amides is 1. The van der Waals surface area contributed by atoms with Crippen LogP contribution in [0.1, 0.15) is 11.1 Å². The summed E-state index contributed by atoms with van der Waals surface area (Å²) >= 11 is 0. The highest BCUT2D eigenvalue weighted by Gasteiger charge is 2.28. The van der Waals surface area contributed by atoms with Gasteiger partial charge in [0.15, 0.2) is 11.5 Å². The van der Waals surface area contributed by atoms with Gasteiger partial charge in [-0.1, -0.05) is 36.4 Å². The first-order chi connectivity index (χ1) is 14.5. The van der Waals surface area contributed by atoms with Crippen LogP contribution in [0.3, 0.4) is 0 Å². The Morgan fingerprint density at radius 1 is 0.933 bits per heavy atom. The van der Waals surface area contributed by atoms with Crippen molar-refractivity contribution in [2.24, 2.45) is 0 Å². The first kappa shape index (κ1) is 20.4. The maximum atomic E-state index is 12.6. The number of ether oxygens (including phenoxy) is 2. The summed E-state index contributed by atoms with van der Waals surface area (Å²) in [7, 11) is -3.40. The maximum Gasteiger partial charge on any atom is 0.246 e. The van der Waals surface area contributed by atoms with Gasteiger partial charge >= 0.3 is 0 Å². The van der Waals surface area contributed by atoms with Crippen LogP contribution < -0.4 is 9.47 Å². The first-order valence-electron chi connectivity index (χ1n) is 9.90. The minimum atomic E-state index is -3.40. The van der Waals surface area contributed by atoms with E-state index in [1.54, 1.807) is 23.1 Å². The van der Waals surface area contributed by atoms with Crippen molar-refractivity contribution in [3.63, 3.8) is 0 Å². The summed E-state index contributed by atoms with van der Waals surface area (Å²) in [5.74, 6) is 1.22. The van der Waals surface area contributed by atoms with Gasteiger partial charge in [-0.3, -0.25) is 4.79 Å². The van der Waals surface area contributed by atoms with Crippen molar-refractivity contribution in [1.29, 1.82) is 0 Å². The van der Waals surface area contributed by atoms with Gasteiger partial charge in [0.2, 0.25) is 15.9 Å². The van der Waals surface area contributed by atoms with E-state index in [2.05, 4.69) is 0 Å². The van der Waals surface area contributed by atoms with Crippen molar-refractivity contribution >= 4 is 22.0 Å². The van der Waals surface area contributed by atoms with Gasteiger partial charge in [-0.15, -0.1) is 0 Å². The zero-order valence-corrected chi connectivity index (χ0v) is 17.4. The van der Waals surface area contributed by atoms with E-state index in [-0.39, 0.29) is 11.7 Å². The van der Waals surface area contributed by atoms with E-state index >= 15 is 0 Å². The fraction of sp³-hybridized carbons (Fsp3) is 0.318. The summed E-state index contributed by atoms with van der Waals surface area (Å²) in [6, 6.07) is 14.7. The van der Waals surface area contributed by atoms with Crippen LogP contribution in [0.2, 0.25) is 0 Å². The minimum absolute atomic E-state index is 0.0220. The number of sulfonamides is 1. The Hall–Kier alpha value is -2.84. The van der Waals surface area contributed by atoms with E-state index in [1.807, 2.05) is 36.4 Å². The Labute approximate surface area is 176 Å². The number of fused-ring (bicyclic) bond motifs is 1. The first-order valence-corrected chi connectivity index (χ1v) is 11.5. The molecule has 2 aliphatic heterocycles. The second-order valence-electron chi connectivity index (χ2n) is 7.20. The molecule has 4 rings (SSSR count). The predicted molar refractivity (Wildman–Crippen MR) is 114 cm³/mol. The molecule has 2 aliphatic rings. The van der Waals surface area contributed by atoms with Crippen LogP contribution in [0.5, 0.6) is 11.5 Å². The molecule has 30 heavy (non-hydrogen) atoms. The van der Waals surface area contributed by atoms with Crippen LogP contribution in [-0.4, -0.2) is 62.9 Å². The Kier molecular flexibility index (Phi) is 6.06. The Morgan fingerprint density at radius 2 is 1.63 bits per heavy atom. The quantitative estimate of drug-likeness (QED) is 0.682. The van der Waals surface area contributed by atoms with Gasteiger partial charge in [-0.05, 0) is 29.3 Å². The Morgan fingerprint density at radius 3 is 2.37 bits per heavy atom. The summed E-state index contributed by atoms with van der Waals surface area (Å²) < 4.78 is 37.8. The fourth-order valence-electron chi connectivity index (χ4n) is 3.50. The molecule has 0 N–H and O–H groups in total. The van der Waals surface area contributed by atoms with Gasteiger partial charge in [-0.25, -0.2) is 8.42 Å². The molecular formula is C22H24N2O5S. The van der Waals surface area contributed by atoms with Gasteiger partial charge in [0.1, 0.15) is 13.2 Å². The fourth-order valence-corrected chi connectivity index (χ4v) is 5.02. The summed E-state index contributed by atoms with van der Waals surface area (Å²) in [6.45, 7) is 2.40. The van der Waals surface area contributed by atoms with E-state index < -0.39 is 10.0 Å². The smallest absolute Gasteiger partial charge is 0.246 e. The Balaban J connectivity index is 1.32. The molecule has 158 valence electrons. The average molecular weight is 429 g/mol. The van der Waals surface area contributed by atoms with E-state index in [0.717, 1.165) is 11.1 Å². The van der Waals surface area contributed by atoms with Crippen molar-refractivity contribution in [2.75, 3.05) is 39.4 Å². The molecule has 0 unspecified atom stereocenters. The van der Waals surface area contributed by atoms with Crippen LogP contribution in [0, 0.1) is 0 Å². The molecule has 0 bridgehead atoms. The number of piperazine rings is 1. The molecule has 1 saturated heterocycles. The average Bonchev–Trinajstić information content (AvgIpc) is 2.78. The lowest BCUT2D eigenvalue weighted by atomic mass is 10.1.